The van der Waals surface area contributed by atoms with Gasteiger partial charge in [0.15, 0.2) is 0 Å². The molecule has 0 aromatic heterocycles. The van der Waals surface area contributed by atoms with Crippen LogP contribution in [0.5, 0.6) is 0 Å². The molecule has 1 aromatic carbocycles. The fraction of sp³-hybridized carbons (Fsp3) is 0.579. The zero-order valence-corrected chi connectivity index (χ0v) is 16.4. The molecule has 26 heavy (non-hydrogen) atoms. The first-order valence-corrected chi connectivity index (χ1v) is 9.32. The minimum atomic E-state index is -0.514. The maximum absolute atomic E-state index is 12.2. The molecule has 0 radical (unpaired) electrons. The van der Waals surface area contributed by atoms with Crippen LogP contribution in [0.4, 0.5) is 4.79 Å². The predicted octanol–water partition coefficient (Wildman–Crippen LogP) is 2.95. The Kier molecular flexibility index (Phi) is 7.29. The molecule has 6 nitrogen and oxygen atoms in total. The number of likely N-dealkylation sites (tertiary alicyclic amines) is 1. The van der Waals surface area contributed by atoms with Crippen molar-refractivity contribution in [2.24, 2.45) is 0 Å². The molecule has 2 amide bonds. The molecule has 0 bridgehead atoms. The highest BCUT2D eigenvalue weighted by Crippen LogP contribution is 2.12. The Bertz CT molecular complexity index is 613. The molecular formula is C19H28ClN3O3. The number of carbonyl (C=O) groups excluding carboxylic acids is 2. The molecule has 1 aromatic rings. The highest BCUT2D eigenvalue weighted by molar-refractivity contribution is 6.30. The average molecular weight is 382 g/mol. The first-order chi connectivity index (χ1) is 12.2. The molecule has 144 valence electrons. The van der Waals surface area contributed by atoms with Crippen LogP contribution >= 0.6 is 11.6 Å². The summed E-state index contributed by atoms with van der Waals surface area (Å²) >= 11 is 5.86. The van der Waals surface area contributed by atoms with Crippen LogP contribution in [-0.2, 0) is 16.1 Å². The minimum Gasteiger partial charge on any atom is -0.444 e. The number of hydrogen-bond acceptors (Lipinski definition) is 4. The molecule has 1 aliphatic rings. The van der Waals surface area contributed by atoms with Gasteiger partial charge in [-0.15, -0.1) is 0 Å². The summed E-state index contributed by atoms with van der Waals surface area (Å²) in [5.74, 6) is -0.0298. The summed E-state index contributed by atoms with van der Waals surface area (Å²) in [6, 6.07) is 7.40. The molecular weight excluding hydrogens is 354 g/mol. The van der Waals surface area contributed by atoms with Gasteiger partial charge in [-0.05, 0) is 57.9 Å². The Morgan fingerprint density at radius 2 is 1.96 bits per heavy atom. The van der Waals surface area contributed by atoms with Crippen molar-refractivity contribution in [1.82, 2.24) is 15.5 Å². The standard InChI is InChI=1S/C19H28ClN3O3/c1-19(2,3)26-18(25)22-16-5-4-10-23(12-16)13-17(24)21-11-14-6-8-15(20)9-7-14/h6-9,16H,4-5,10-13H2,1-3H3,(H,21,24)(H,22,25). The van der Waals surface area contributed by atoms with E-state index in [0.717, 1.165) is 24.9 Å². The molecule has 1 unspecified atom stereocenters. The van der Waals surface area contributed by atoms with Gasteiger partial charge in [-0.2, -0.15) is 0 Å². The Labute approximate surface area is 160 Å². The zero-order chi connectivity index (χ0) is 19.2. The second kappa shape index (κ2) is 9.24. The molecule has 1 atom stereocenters. The summed E-state index contributed by atoms with van der Waals surface area (Å²) in [6.07, 6.45) is 1.42. The third-order valence-corrected chi connectivity index (χ3v) is 4.25. The van der Waals surface area contributed by atoms with Crippen LogP contribution in [0.15, 0.2) is 24.3 Å². The molecule has 1 fully saturated rings. The van der Waals surface area contributed by atoms with Gasteiger partial charge in [-0.3, -0.25) is 9.69 Å². The number of carbonyl (C=O) groups is 2. The van der Waals surface area contributed by atoms with E-state index in [1.807, 2.05) is 32.9 Å². The topological polar surface area (TPSA) is 70.7 Å². The molecule has 0 saturated carbocycles. The Balaban J connectivity index is 1.73. The number of ether oxygens (including phenoxy) is 1. The maximum atomic E-state index is 12.2. The highest BCUT2D eigenvalue weighted by Gasteiger charge is 2.25. The number of hydrogen-bond donors (Lipinski definition) is 2. The quantitative estimate of drug-likeness (QED) is 0.822. The molecule has 2 N–H and O–H groups in total. The van der Waals surface area contributed by atoms with Crippen LogP contribution in [0, 0.1) is 0 Å². The van der Waals surface area contributed by atoms with Gasteiger partial charge < -0.3 is 15.4 Å². The number of benzene rings is 1. The second-order valence-corrected chi connectivity index (χ2v) is 8.06. The van der Waals surface area contributed by atoms with Crippen molar-refractivity contribution in [3.05, 3.63) is 34.9 Å². The molecule has 0 spiro atoms. The van der Waals surface area contributed by atoms with Crippen molar-refractivity contribution >= 4 is 23.6 Å². The molecule has 1 saturated heterocycles. The molecule has 1 heterocycles. The van der Waals surface area contributed by atoms with E-state index in [0.29, 0.717) is 24.7 Å². The predicted molar refractivity (Wildman–Crippen MR) is 102 cm³/mol. The normalized spacial score (nSPS) is 18.2. The molecule has 0 aliphatic carbocycles. The Morgan fingerprint density at radius 3 is 2.62 bits per heavy atom. The zero-order valence-electron chi connectivity index (χ0n) is 15.7. The van der Waals surface area contributed by atoms with Crippen molar-refractivity contribution in [3.8, 4) is 0 Å². The van der Waals surface area contributed by atoms with Crippen molar-refractivity contribution in [2.45, 2.75) is 51.8 Å². The number of amides is 2. The van der Waals surface area contributed by atoms with E-state index in [1.165, 1.54) is 0 Å². The summed E-state index contributed by atoms with van der Waals surface area (Å²) in [7, 11) is 0. The van der Waals surface area contributed by atoms with E-state index in [1.54, 1.807) is 12.1 Å². The first-order valence-electron chi connectivity index (χ1n) is 8.94. The highest BCUT2D eigenvalue weighted by atomic mass is 35.5. The lowest BCUT2D eigenvalue weighted by molar-refractivity contribution is -0.122. The Morgan fingerprint density at radius 1 is 1.27 bits per heavy atom. The lowest BCUT2D eigenvalue weighted by Gasteiger charge is -2.33. The third-order valence-electron chi connectivity index (χ3n) is 4.00. The number of nitrogens with zero attached hydrogens (tertiary/aromatic N) is 1. The smallest absolute Gasteiger partial charge is 0.407 e. The third kappa shape index (κ3) is 7.62. The van der Waals surface area contributed by atoms with Crippen LogP contribution in [-0.4, -0.2) is 48.2 Å². The number of halogens is 1. The van der Waals surface area contributed by atoms with Crippen LogP contribution in [0.2, 0.25) is 5.02 Å². The lowest BCUT2D eigenvalue weighted by Crippen LogP contribution is -2.50. The molecule has 2 rings (SSSR count). The number of alkyl carbamates (subject to hydrolysis) is 1. The van der Waals surface area contributed by atoms with E-state index in [-0.39, 0.29) is 11.9 Å². The van der Waals surface area contributed by atoms with Crippen LogP contribution < -0.4 is 10.6 Å². The van der Waals surface area contributed by atoms with Gasteiger partial charge in [-0.1, -0.05) is 23.7 Å². The van der Waals surface area contributed by atoms with Crippen LogP contribution in [0.25, 0.3) is 0 Å². The summed E-state index contributed by atoms with van der Waals surface area (Å²) < 4.78 is 5.30. The maximum Gasteiger partial charge on any atom is 0.407 e. The van der Waals surface area contributed by atoms with Crippen molar-refractivity contribution in [3.63, 3.8) is 0 Å². The van der Waals surface area contributed by atoms with E-state index < -0.39 is 11.7 Å². The van der Waals surface area contributed by atoms with Crippen molar-refractivity contribution in [2.75, 3.05) is 19.6 Å². The van der Waals surface area contributed by atoms with E-state index in [9.17, 15) is 9.59 Å². The second-order valence-electron chi connectivity index (χ2n) is 7.62. The van der Waals surface area contributed by atoms with Gasteiger partial charge in [0.2, 0.25) is 5.91 Å². The van der Waals surface area contributed by atoms with E-state index >= 15 is 0 Å². The van der Waals surface area contributed by atoms with E-state index in [4.69, 9.17) is 16.3 Å². The van der Waals surface area contributed by atoms with Gasteiger partial charge in [-0.25, -0.2) is 4.79 Å². The number of nitrogens with one attached hydrogen (secondary N) is 2. The van der Waals surface area contributed by atoms with Gasteiger partial charge in [0.1, 0.15) is 5.60 Å². The van der Waals surface area contributed by atoms with Crippen LogP contribution in [0.1, 0.15) is 39.2 Å². The monoisotopic (exact) mass is 381 g/mol. The van der Waals surface area contributed by atoms with Crippen LogP contribution in [0.3, 0.4) is 0 Å². The SMILES string of the molecule is CC(C)(C)OC(=O)NC1CCCN(CC(=O)NCc2ccc(Cl)cc2)C1. The first kappa shape index (κ1) is 20.5. The van der Waals surface area contributed by atoms with Gasteiger partial charge in [0.25, 0.3) is 0 Å². The molecule has 7 heteroatoms. The minimum absolute atomic E-state index is 0.00247. The summed E-state index contributed by atoms with van der Waals surface area (Å²) in [6.45, 7) is 7.80. The molecule has 1 aliphatic heterocycles. The van der Waals surface area contributed by atoms with Gasteiger partial charge in [0, 0.05) is 24.2 Å². The lowest BCUT2D eigenvalue weighted by atomic mass is 10.1. The fourth-order valence-corrected chi connectivity index (χ4v) is 2.98. The summed E-state index contributed by atoms with van der Waals surface area (Å²) in [5.41, 5.74) is 0.492. The van der Waals surface area contributed by atoms with Crippen molar-refractivity contribution in [1.29, 1.82) is 0 Å². The largest absolute Gasteiger partial charge is 0.444 e. The van der Waals surface area contributed by atoms with Gasteiger partial charge >= 0.3 is 6.09 Å². The summed E-state index contributed by atoms with van der Waals surface area (Å²) in [4.78, 5) is 26.1. The number of rotatable bonds is 5. The summed E-state index contributed by atoms with van der Waals surface area (Å²) in [5, 5.41) is 6.49. The average Bonchev–Trinajstić information content (AvgIpc) is 2.53. The Hall–Kier alpha value is -1.79. The fourth-order valence-electron chi connectivity index (χ4n) is 2.85. The number of piperidine rings is 1. The van der Waals surface area contributed by atoms with E-state index in [2.05, 4.69) is 15.5 Å². The van der Waals surface area contributed by atoms with Crippen molar-refractivity contribution < 1.29 is 14.3 Å². The van der Waals surface area contributed by atoms with Gasteiger partial charge in [0.05, 0.1) is 6.54 Å².